The van der Waals surface area contributed by atoms with E-state index in [4.69, 9.17) is 0 Å². The first-order valence-corrected chi connectivity index (χ1v) is 7.20. The summed E-state index contributed by atoms with van der Waals surface area (Å²) in [5.74, 6) is 0. The SMILES string of the molecule is CCc1ccc([C@@H](CC)N2CCNCC2)s1.Cl.Cl. The Morgan fingerprint density at radius 2 is 1.89 bits per heavy atom. The van der Waals surface area contributed by atoms with Crippen molar-refractivity contribution in [3.05, 3.63) is 21.9 Å². The highest BCUT2D eigenvalue weighted by Gasteiger charge is 2.21. The molecule has 2 nitrogen and oxygen atoms in total. The van der Waals surface area contributed by atoms with E-state index in [2.05, 4.69) is 36.2 Å². The Labute approximate surface area is 127 Å². The van der Waals surface area contributed by atoms with Crippen molar-refractivity contribution < 1.29 is 0 Å². The highest BCUT2D eigenvalue weighted by Crippen LogP contribution is 2.30. The lowest BCUT2D eigenvalue weighted by Crippen LogP contribution is -2.44. The normalized spacial score (nSPS) is 17.7. The van der Waals surface area contributed by atoms with Crippen molar-refractivity contribution in [1.82, 2.24) is 10.2 Å². The lowest BCUT2D eigenvalue weighted by Gasteiger charge is -2.33. The molecule has 5 heteroatoms. The predicted octanol–water partition coefficient (Wildman–Crippen LogP) is 3.51. The van der Waals surface area contributed by atoms with Gasteiger partial charge in [-0.2, -0.15) is 0 Å². The maximum atomic E-state index is 3.42. The molecule has 0 radical (unpaired) electrons. The molecule has 0 aliphatic carbocycles. The number of hydrogen-bond acceptors (Lipinski definition) is 3. The quantitative estimate of drug-likeness (QED) is 0.915. The molecule has 0 spiro atoms. The number of halogens is 2. The predicted molar refractivity (Wildman–Crippen MR) is 85.7 cm³/mol. The van der Waals surface area contributed by atoms with E-state index < -0.39 is 0 Å². The van der Waals surface area contributed by atoms with E-state index in [1.165, 1.54) is 30.8 Å². The molecule has 2 heterocycles. The van der Waals surface area contributed by atoms with Crippen LogP contribution in [-0.4, -0.2) is 31.1 Å². The Balaban J connectivity index is 0.00000144. The topological polar surface area (TPSA) is 15.3 Å². The smallest absolute Gasteiger partial charge is 0.0440 e. The van der Waals surface area contributed by atoms with E-state index in [1.54, 1.807) is 4.88 Å². The minimum Gasteiger partial charge on any atom is -0.314 e. The zero-order valence-corrected chi connectivity index (χ0v) is 13.6. The van der Waals surface area contributed by atoms with Gasteiger partial charge in [0, 0.05) is 42.0 Å². The van der Waals surface area contributed by atoms with Gasteiger partial charge < -0.3 is 5.32 Å². The molecule has 1 aromatic rings. The van der Waals surface area contributed by atoms with Crippen LogP contribution in [-0.2, 0) is 6.42 Å². The van der Waals surface area contributed by atoms with Crippen molar-refractivity contribution in [1.29, 1.82) is 0 Å². The Morgan fingerprint density at radius 3 is 2.39 bits per heavy atom. The zero-order chi connectivity index (χ0) is 11.4. The Bertz CT molecular complexity index is 325. The van der Waals surface area contributed by atoms with Gasteiger partial charge >= 0.3 is 0 Å². The largest absolute Gasteiger partial charge is 0.314 e. The van der Waals surface area contributed by atoms with Gasteiger partial charge in [-0.15, -0.1) is 36.2 Å². The van der Waals surface area contributed by atoms with E-state index in [-0.39, 0.29) is 24.8 Å². The van der Waals surface area contributed by atoms with Gasteiger partial charge in [-0.3, -0.25) is 4.90 Å². The van der Waals surface area contributed by atoms with Gasteiger partial charge in [0.05, 0.1) is 0 Å². The molecule has 1 N–H and O–H groups in total. The molecule has 1 saturated heterocycles. The third kappa shape index (κ3) is 4.39. The molecule has 1 fully saturated rings. The van der Waals surface area contributed by atoms with Gasteiger partial charge in [-0.1, -0.05) is 13.8 Å². The van der Waals surface area contributed by atoms with E-state index in [9.17, 15) is 0 Å². The fourth-order valence-corrected chi connectivity index (χ4v) is 3.57. The van der Waals surface area contributed by atoms with E-state index in [0.717, 1.165) is 13.1 Å². The van der Waals surface area contributed by atoms with Crippen LogP contribution in [0.2, 0.25) is 0 Å². The Morgan fingerprint density at radius 1 is 1.22 bits per heavy atom. The van der Waals surface area contributed by atoms with Crippen molar-refractivity contribution in [2.45, 2.75) is 32.7 Å². The molecule has 2 rings (SSSR count). The van der Waals surface area contributed by atoms with Gasteiger partial charge in [0.2, 0.25) is 0 Å². The first kappa shape index (κ1) is 18.2. The molecule has 106 valence electrons. The molecule has 0 unspecified atom stereocenters. The molecular formula is C13H24Cl2N2S. The summed E-state index contributed by atoms with van der Waals surface area (Å²) < 4.78 is 0. The average molecular weight is 311 g/mol. The lowest BCUT2D eigenvalue weighted by atomic mass is 10.1. The maximum absolute atomic E-state index is 3.42. The van der Waals surface area contributed by atoms with E-state index in [0.29, 0.717) is 6.04 Å². The maximum Gasteiger partial charge on any atom is 0.0440 e. The third-order valence-electron chi connectivity index (χ3n) is 3.34. The second-order valence-corrected chi connectivity index (χ2v) is 5.57. The van der Waals surface area contributed by atoms with Gasteiger partial charge in [0.1, 0.15) is 0 Å². The minimum absolute atomic E-state index is 0. The van der Waals surface area contributed by atoms with E-state index >= 15 is 0 Å². The van der Waals surface area contributed by atoms with Crippen LogP contribution in [0.3, 0.4) is 0 Å². The summed E-state index contributed by atoms with van der Waals surface area (Å²) in [6.45, 7) is 9.21. The highest BCUT2D eigenvalue weighted by atomic mass is 35.5. The lowest BCUT2D eigenvalue weighted by molar-refractivity contribution is 0.172. The molecule has 1 aliphatic rings. The number of nitrogens with one attached hydrogen (secondary N) is 1. The molecule has 0 saturated carbocycles. The summed E-state index contributed by atoms with van der Waals surface area (Å²) in [5, 5.41) is 3.42. The monoisotopic (exact) mass is 310 g/mol. The third-order valence-corrected chi connectivity index (χ3v) is 4.67. The van der Waals surface area contributed by atoms with Gasteiger partial charge in [-0.25, -0.2) is 0 Å². The van der Waals surface area contributed by atoms with Gasteiger partial charge in [0.15, 0.2) is 0 Å². The number of nitrogens with zero attached hydrogens (tertiary/aromatic N) is 1. The summed E-state index contributed by atoms with van der Waals surface area (Å²) in [6.07, 6.45) is 2.40. The standard InChI is InChI=1S/C13H22N2S.2ClH/c1-3-11-5-6-13(16-11)12(4-2)15-9-7-14-8-10-15;;/h5-6,12,14H,3-4,7-10H2,1-2H3;2*1H/t12-;;/m1../s1. The fourth-order valence-electron chi connectivity index (χ4n) is 2.40. The van der Waals surface area contributed by atoms with Crippen LogP contribution in [0.15, 0.2) is 12.1 Å². The molecule has 18 heavy (non-hydrogen) atoms. The van der Waals surface area contributed by atoms with Crippen molar-refractivity contribution in [2.75, 3.05) is 26.2 Å². The second kappa shape index (κ2) is 9.16. The number of hydrogen-bond donors (Lipinski definition) is 1. The van der Waals surface area contributed by atoms with Crippen LogP contribution < -0.4 is 5.32 Å². The van der Waals surface area contributed by atoms with Crippen LogP contribution in [0.5, 0.6) is 0 Å². The molecule has 0 bridgehead atoms. The Kier molecular flexibility index (Phi) is 9.26. The van der Waals surface area contributed by atoms with Crippen LogP contribution in [0.4, 0.5) is 0 Å². The van der Waals surface area contributed by atoms with E-state index in [1.807, 2.05) is 11.3 Å². The van der Waals surface area contributed by atoms with Crippen LogP contribution in [0, 0.1) is 0 Å². The zero-order valence-electron chi connectivity index (χ0n) is 11.1. The van der Waals surface area contributed by atoms with Gasteiger partial charge in [0.25, 0.3) is 0 Å². The summed E-state index contributed by atoms with van der Waals surface area (Å²) in [5.41, 5.74) is 0. The summed E-state index contributed by atoms with van der Waals surface area (Å²) in [6, 6.07) is 5.28. The van der Waals surface area contributed by atoms with Crippen molar-refractivity contribution in [3.8, 4) is 0 Å². The molecule has 1 aliphatic heterocycles. The number of aryl methyl sites for hydroxylation is 1. The number of thiophene rings is 1. The average Bonchev–Trinajstić information content (AvgIpc) is 2.80. The summed E-state index contributed by atoms with van der Waals surface area (Å²) in [4.78, 5) is 5.70. The molecule has 1 aromatic heterocycles. The molecule has 0 amide bonds. The molecular weight excluding hydrogens is 287 g/mol. The minimum atomic E-state index is 0. The van der Waals surface area contributed by atoms with Crippen molar-refractivity contribution in [2.24, 2.45) is 0 Å². The summed E-state index contributed by atoms with van der Waals surface area (Å²) in [7, 11) is 0. The summed E-state index contributed by atoms with van der Waals surface area (Å²) >= 11 is 2.00. The van der Waals surface area contributed by atoms with Crippen LogP contribution in [0.1, 0.15) is 36.1 Å². The highest BCUT2D eigenvalue weighted by molar-refractivity contribution is 7.12. The van der Waals surface area contributed by atoms with Crippen LogP contribution in [0.25, 0.3) is 0 Å². The first-order valence-electron chi connectivity index (χ1n) is 6.38. The number of rotatable bonds is 4. The first-order chi connectivity index (χ1) is 7.85. The Hall–Kier alpha value is 0.200. The second-order valence-electron chi connectivity index (χ2n) is 4.37. The fraction of sp³-hybridized carbons (Fsp3) is 0.692. The van der Waals surface area contributed by atoms with Crippen molar-refractivity contribution >= 4 is 36.2 Å². The molecule has 1 atom stereocenters. The number of piperazine rings is 1. The van der Waals surface area contributed by atoms with Crippen molar-refractivity contribution in [3.63, 3.8) is 0 Å². The van der Waals surface area contributed by atoms with Gasteiger partial charge in [-0.05, 0) is 25.0 Å². The van der Waals surface area contributed by atoms with Crippen LogP contribution >= 0.6 is 36.2 Å². The molecule has 0 aromatic carbocycles.